The van der Waals surface area contributed by atoms with Gasteiger partial charge in [-0.25, -0.2) is 8.78 Å². The van der Waals surface area contributed by atoms with E-state index in [0.717, 1.165) is 0 Å². The third kappa shape index (κ3) is 3.03. The minimum atomic E-state index is -2.51. The molecule has 2 rings (SSSR count). The van der Waals surface area contributed by atoms with Crippen LogP contribution in [0.1, 0.15) is 19.3 Å². The molecule has 0 bridgehead atoms. The normalized spacial score (nSPS) is 30.5. The summed E-state index contributed by atoms with van der Waals surface area (Å²) in [5.74, 6) is -1.82. The molecule has 0 aliphatic heterocycles. The van der Waals surface area contributed by atoms with Crippen molar-refractivity contribution in [2.45, 2.75) is 31.3 Å². The Hall–Kier alpha value is -0.220. The number of hydrogen-bond donors (Lipinski definition) is 1. The van der Waals surface area contributed by atoms with Gasteiger partial charge in [0.05, 0.1) is 0 Å². The molecule has 0 aromatic heterocycles. The summed E-state index contributed by atoms with van der Waals surface area (Å²) in [6.07, 6.45) is 1.64. The molecule has 2 aliphatic carbocycles. The Morgan fingerprint density at radius 3 is 2.00 bits per heavy atom. The second-order valence-electron chi connectivity index (χ2n) is 3.32. The number of aliphatic hydroxyl groups excluding tert-OH is 1. The van der Waals surface area contributed by atoms with Gasteiger partial charge in [0.1, 0.15) is 6.10 Å². The van der Waals surface area contributed by atoms with Gasteiger partial charge >= 0.3 is 0 Å². The van der Waals surface area contributed by atoms with Crippen molar-refractivity contribution in [1.29, 1.82) is 0 Å². The highest BCUT2D eigenvalue weighted by Gasteiger charge is 2.57. The van der Waals surface area contributed by atoms with Crippen LogP contribution in [0.25, 0.3) is 0 Å². The average Bonchev–Trinajstić information content (AvgIpc) is 2.87. The molecule has 0 heterocycles. The first-order valence-electron chi connectivity index (χ1n) is 4.11. The molecule has 12 heavy (non-hydrogen) atoms. The molecule has 0 aromatic rings. The van der Waals surface area contributed by atoms with E-state index in [1.165, 1.54) is 20.0 Å². The van der Waals surface area contributed by atoms with E-state index >= 15 is 0 Å². The fourth-order valence-electron chi connectivity index (χ4n) is 0.744. The molecule has 0 spiro atoms. The Bertz CT molecular complexity index is 146. The fourth-order valence-corrected chi connectivity index (χ4v) is 0.744. The number of alkyl halides is 2. The van der Waals surface area contributed by atoms with Crippen LogP contribution < -0.4 is 0 Å². The zero-order valence-electron chi connectivity index (χ0n) is 7.09. The van der Waals surface area contributed by atoms with Crippen LogP contribution in [0.15, 0.2) is 0 Å². The van der Waals surface area contributed by atoms with E-state index in [1.54, 1.807) is 0 Å². The van der Waals surface area contributed by atoms with Crippen LogP contribution in [0.5, 0.6) is 0 Å². The van der Waals surface area contributed by atoms with E-state index in [0.29, 0.717) is 12.5 Å². The SMILES string of the molecule is COC1CC1(F)F.OCC1CC1. The largest absolute Gasteiger partial charge is 0.396 e. The molecule has 2 saturated carbocycles. The first kappa shape index (κ1) is 9.86. The topological polar surface area (TPSA) is 29.5 Å². The lowest BCUT2D eigenvalue weighted by Gasteiger charge is -1.89. The number of halogens is 2. The van der Waals surface area contributed by atoms with E-state index < -0.39 is 12.0 Å². The van der Waals surface area contributed by atoms with Gasteiger partial charge in [0.2, 0.25) is 0 Å². The number of aliphatic hydroxyl groups is 1. The Morgan fingerprint density at radius 2 is 2.00 bits per heavy atom. The maximum absolute atomic E-state index is 11.7. The smallest absolute Gasteiger partial charge is 0.276 e. The number of methoxy groups -OCH3 is 1. The Morgan fingerprint density at radius 1 is 1.50 bits per heavy atom. The molecule has 1 unspecified atom stereocenters. The minimum absolute atomic E-state index is 0.0938. The van der Waals surface area contributed by atoms with Crippen molar-refractivity contribution in [2.24, 2.45) is 5.92 Å². The second-order valence-corrected chi connectivity index (χ2v) is 3.32. The lowest BCUT2D eigenvalue weighted by molar-refractivity contribution is 0.0354. The van der Waals surface area contributed by atoms with Crippen molar-refractivity contribution in [2.75, 3.05) is 13.7 Å². The van der Waals surface area contributed by atoms with Gasteiger partial charge < -0.3 is 9.84 Å². The molecule has 1 N–H and O–H groups in total. The average molecular weight is 180 g/mol. The molecule has 4 heteroatoms. The van der Waals surface area contributed by atoms with Gasteiger partial charge in [0.15, 0.2) is 0 Å². The van der Waals surface area contributed by atoms with Gasteiger partial charge in [0, 0.05) is 20.1 Å². The zero-order chi connectivity index (χ0) is 9.19. The van der Waals surface area contributed by atoms with Crippen molar-refractivity contribution in [3.8, 4) is 0 Å². The molecule has 0 amide bonds. The minimum Gasteiger partial charge on any atom is -0.396 e. The van der Waals surface area contributed by atoms with E-state index in [2.05, 4.69) is 4.74 Å². The van der Waals surface area contributed by atoms with Crippen molar-refractivity contribution in [3.05, 3.63) is 0 Å². The third-order valence-corrected chi connectivity index (χ3v) is 2.01. The van der Waals surface area contributed by atoms with E-state index in [-0.39, 0.29) is 6.42 Å². The van der Waals surface area contributed by atoms with Crippen LogP contribution in [0.2, 0.25) is 0 Å². The summed E-state index contributed by atoms with van der Waals surface area (Å²) in [4.78, 5) is 0. The van der Waals surface area contributed by atoms with Crippen LogP contribution in [0, 0.1) is 5.92 Å². The quantitative estimate of drug-likeness (QED) is 0.696. The third-order valence-electron chi connectivity index (χ3n) is 2.01. The Kier molecular flexibility index (Phi) is 3.01. The van der Waals surface area contributed by atoms with Crippen molar-refractivity contribution in [3.63, 3.8) is 0 Å². The first-order valence-corrected chi connectivity index (χ1v) is 4.11. The van der Waals surface area contributed by atoms with Gasteiger partial charge in [-0.15, -0.1) is 0 Å². The summed E-state index contributed by atoms with van der Waals surface area (Å²) in [6, 6.07) is 0. The van der Waals surface area contributed by atoms with Gasteiger partial charge in [-0.05, 0) is 18.8 Å². The van der Waals surface area contributed by atoms with Crippen LogP contribution in [0.3, 0.4) is 0 Å². The van der Waals surface area contributed by atoms with Gasteiger partial charge in [0.25, 0.3) is 5.92 Å². The number of rotatable bonds is 2. The van der Waals surface area contributed by atoms with Crippen molar-refractivity contribution >= 4 is 0 Å². The summed E-state index contributed by atoms with van der Waals surface area (Å²) in [5, 5.41) is 8.21. The predicted molar refractivity (Wildman–Crippen MR) is 40.2 cm³/mol. The standard InChI is InChI=1S/C4H6F2O.C4H8O/c1-7-3-2-4(3,5)6;5-3-4-1-2-4/h3H,2H2,1H3;4-5H,1-3H2. The number of hydrogen-bond acceptors (Lipinski definition) is 2. The van der Waals surface area contributed by atoms with Crippen LogP contribution >= 0.6 is 0 Å². The maximum atomic E-state index is 11.7. The maximum Gasteiger partial charge on any atom is 0.276 e. The van der Waals surface area contributed by atoms with Crippen LogP contribution in [-0.4, -0.2) is 30.8 Å². The molecule has 1 atom stereocenters. The van der Waals surface area contributed by atoms with Gasteiger partial charge in [-0.1, -0.05) is 0 Å². The molecule has 0 saturated heterocycles. The highest BCUT2D eigenvalue weighted by Crippen LogP contribution is 2.43. The summed E-state index contributed by atoms with van der Waals surface area (Å²) in [5.41, 5.74) is 0. The molecule has 0 aromatic carbocycles. The summed E-state index contributed by atoms with van der Waals surface area (Å²) < 4.78 is 27.7. The lowest BCUT2D eigenvalue weighted by atomic mass is 10.5. The summed E-state index contributed by atoms with van der Waals surface area (Å²) >= 11 is 0. The van der Waals surface area contributed by atoms with E-state index in [9.17, 15) is 8.78 Å². The molecule has 0 radical (unpaired) electrons. The van der Waals surface area contributed by atoms with E-state index in [4.69, 9.17) is 5.11 Å². The first-order chi connectivity index (χ1) is 5.60. The Balaban J connectivity index is 0.000000127. The second kappa shape index (κ2) is 3.66. The predicted octanol–water partition coefficient (Wildman–Crippen LogP) is 1.43. The van der Waals surface area contributed by atoms with E-state index in [1.807, 2.05) is 0 Å². The fraction of sp³-hybridized carbons (Fsp3) is 1.00. The molecule has 2 nitrogen and oxygen atoms in total. The monoisotopic (exact) mass is 180 g/mol. The van der Waals surface area contributed by atoms with Gasteiger partial charge in [-0.3, -0.25) is 0 Å². The van der Waals surface area contributed by atoms with Crippen LogP contribution in [-0.2, 0) is 4.74 Å². The Labute approximate surface area is 70.5 Å². The highest BCUT2D eigenvalue weighted by atomic mass is 19.3. The molecule has 72 valence electrons. The van der Waals surface area contributed by atoms with Crippen molar-refractivity contribution in [1.82, 2.24) is 0 Å². The van der Waals surface area contributed by atoms with Gasteiger partial charge in [-0.2, -0.15) is 0 Å². The zero-order valence-corrected chi connectivity index (χ0v) is 7.09. The highest BCUT2D eigenvalue weighted by molar-refractivity contribution is 4.96. The molecule has 2 aliphatic rings. The summed E-state index contributed by atoms with van der Waals surface area (Å²) in [7, 11) is 1.30. The summed E-state index contributed by atoms with van der Waals surface area (Å²) in [6.45, 7) is 0.417. The number of ether oxygens (including phenoxy) is 1. The molecular weight excluding hydrogens is 166 g/mol. The van der Waals surface area contributed by atoms with Crippen molar-refractivity contribution < 1.29 is 18.6 Å². The molecular formula is C8H14F2O2. The lowest BCUT2D eigenvalue weighted by Crippen LogP contribution is -1.99. The molecule has 2 fully saturated rings. The van der Waals surface area contributed by atoms with Crippen LogP contribution in [0.4, 0.5) is 8.78 Å².